The van der Waals surface area contributed by atoms with E-state index in [1.807, 2.05) is 0 Å². The quantitative estimate of drug-likeness (QED) is 0.776. The minimum atomic E-state index is -0.457. The van der Waals surface area contributed by atoms with E-state index in [1.165, 1.54) is 19.1 Å². The lowest BCUT2D eigenvalue weighted by Crippen LogP contribution is -1.96. The Morgan fingerprint density at radius 1 is 1.54 bits per heavy atom. The van der Waals surface area contributed by atoms with Crippen LogP contribution in [0.2, 0.25) is 0 Å². The fourth-order valence-electron chi connectivity index (χ4n) is 1.05. The van der Waals surface area contributed by atoms with Crippen molar-refractivity contribution in [2.75, 3.05) is 0 Å². The summed E-state index contributed by atoms with van der Waals surface area (Å²) in [5.41, 5.74) is 0.466. The van der Waals surface area contributed by atoms with Crippen molar-refractivity contribution in [3.8, 4) is 5.75 Å². The van der Waals surface area contributed by atoms with Crippen molar-refractivity contribution in [1.29, 1.82) is 0 Å². The Labute approximate surface area is 76.0 Å². The third-order valence-corrected chi connectivity index (χ3v) is 1.78. The van der Waals surface area contributed by atoms with Gasteiger partial charge in [-0.15, -0.1) is 0 Å². The monoisotopic (exact) mass is 182 g/mol. The van der Waals surface area contributed by atoms with Crippen molar-refractivity contribution in [3.05, 3.63) is 29.6 Å². The van der Waals surface area contributed by atoms with E-state index in [0.717, 1.165) is 6.07 Å². The molecule has 0 aliphatic rings. The van der Waals surface area contributed by atoms with Crippen LogP contribution in [0.4, 0.5) is 4.39 Å². The molecular weight excluding hydrogens is 171 g/mol. The van der Waals surface area contributed by atoms with Crippen LogP contribution in [0.15, 0.2) is 18.2 Å². The zero-order chi connectivity index (χ0) is 9.84. The molecule has 0 atom stereocenters. The second-order valence-electron chi connectivity index (χ2n) is 2.98. The van der Waals surface area contributed by atoms with Crippen LogP contribution < -0.4 is 0 Å². The number of carbonyl (C=O) groups is 1. The Morgan fingerprint density at radius 3 is 2.77 bits per heavy atom. The number of benzene rings is 1. The van der Waals surface area contributed by atoms with Gasteiger partial charge in [0.15, 0.2) is 0 Å². The topological polar surface area (TPSA) is 37.3 Å². The Morgan fingerprint density at radius 2 is 2.23 bits per heavy atom. The summed E-state index contributed by atoms with van der Waals surface area (Å²) in [5, 5.41) is 8.91. The van der Waals surface area contributed by atoms with Crippen molar-refractivity contribution < 1.29 is 14.3 Å². The van der Waals surface area contributed by atoms with Crippen LogP contribution in [0.25, 0.3) is 0 Å². The molecule has 0 spiro atoms. The number of phenolic OH excluding ortho intramolecular Hbond substituents is 1. The average Bonchev–Trinajstić information content (AvgIpc) is 2.02. The first-order valence-electron chi connectivity index (χ1n) is 4.06. The van der Waals surface area contributed by atoms with Gasteiger partial charge in [0.05, 0.1) is 0 Å². The number of hydrogen-bond donors (Lipinski definition) is 1. The summed E-state index contributed by atoms with van der Waals surface area (Å²) in [5.74, 6) is -0.516. The van der Waals surface area contributed by atoms with Gasteiger partial charge in [0.25, 0.3) is 0 Å². The van der Waals surface area contributed by atoms with Gasteiger partial charge in [-0.2, -0.15) is 0 Å². The Balaban J connectivity index is 2.72. The zero-order valence-corrected chi connectivity index (χ0v) is 7.38. The molecule has 0 saturated heterocycles. The van der Waals surface area contributed by atoms with Gasteiger partial charge in [0, 0.05) is 12.5 Å². The van der Waals surface area contributed by atoms with Gasteiger partial charge in [-0.1, -0.05) is 6.07 Å². The molecule has 3 heteroatoms. The van der Waals surface area contributed by atoms with Gasteiger partial charge in [-0.25, -0.2) is 4.39 Å². The molecule has 1 rings (SSSR count). The number of ketones is 1. The average molecular weight is 182 g/mol. The lowest BCUT2D eigenvalue weighted by Gasteiger charge is -2.01. The minimum Gasteiger partial charge on any atom is -0.508 e. The molecule has 0 aliphatic carbocycles. The van der Waals surface area contributed by atoms with Crippen LogP contribution in [0.5, 0.6) is 5.75 Å². The summed E-state index contributed by atoms with van der Waals surface area (Å²) < 4.78 is 13.0. The highest BCUT2D eigenvalue weighted by atomic mass is 19.1. The van der Waals surface area contributed by atoms with Gasteiger partial charge in [-0.3, -0.25) is 0 Å². The first-order chi connectivity index (χ1) is 6.09. The molecule has 0 heterocycles. The van der Waals surface area contributed by atoms with E-state index in [9.17, 15) is 9.18 Å². The van der Waals surface area contributed by atoms with E-state index in [2.05, 4.69) is 0 Å². The molecule has 2 nitrogen and oxygen atoms in total. The molecule has 13 heavy (non-hydrogen) atoms. The maximum Gasteiger partial charge on any atom is 0.130 e. The van der Waals surface area contributed by atoms with E-state index in [4.69, 9.17) is 5.11 Å². The number of aryl methyl sites for hydroxylation is 1. The van der Waals surface area contributed by atoms with E-state index >= 15 is 0 Å². The van der Waals surface area contributed by atoms with E-state index < -0.39 is 5.82 Å². The molecule has 1 aromatic rings. The third-order valence-electron chi connectivity index (χ3n) is 1.78. The van der Waals surface area contributed by atoms with Crippen LogP contribution in [0, 0.1) is 5.82 Å². The molecule has 1 N–H and O–H groups in total. The van der Waals surface area contributed by atoms with Gasteiger partial charge in [0.2, 0.25) is 0 Å². The van der Waals surface area contributed by atoms with Crippen molar-refractivity contribution in [2.45, 2.75) is 19.8 Å². The van der Waals surface area contributed by atoms with Gasteiger partial charge < -0.3 is 9.90 Å². The standard InChI is InChI=1S/C10H11FO2/c1-7(12)2-3-8-4-5-9(13)6-10(8)11/h4-6,13H,2-3H2,1H3. The predicted octanol–water partition coefficient (Wildman–Crippen LogP) is 2.05. The van der Waals surface area contributed by atoms with Crippen molar-refractivity contribution in [1.82, 2.24) is 0 Å². The summed E-state index contributed by atoms with van der Waals surface area (Å²) in [7, 11) is 0. The summed E-state index contributed by atoms with van der Waals surface area (Å²) >= 11 is 0. The summed E-state index contributed by atoms with van der Waals surface area (Å²) in [6.07, 6.45) is 0.725. The molecule has 0 saturated carbocycles. The summed E-state index contributed by atoms with van der Waals surface area (Å²) in [6, 6.07) is 3.96. The molecule has 70 valence electrons. The van der Waals surface area contributed by atoms with E-state index in [-0.39, 0.29) is 11.5 Å². The number of carbonyl (C=O) groups excluding carboxylic acids is 1. The van der Waals surface area contributed by atoms with Crippen LogP contribution in [-0.4, -0.2) is 10.9 Å². The largest absolute Gasteiger partial charge is 0.508 e. The number of halogens is 1. The molecule has 0 bridgehead atoms. The lowest BCUT2D eigenvalue weighted by atomic mass is 10.1. The van der Waals surface area contributed by atoms with Gasteiger partial charge >= 0.3 is 0 Å². The SMILES string of the molecule is CC(=O)CCc1ccc(O)cc1F. The van der Waals surface area contributed by atoms with Gasteiger partial charge in [0.1, 0.15) is 17.3 Å². The molecule has 1 aromatic carbocycles. The van der Waals surface area contributed by atoms with E-state index in [1.54, 1.807) is 0 Å². The van der Waals surface area contributed by atoms with Crippen LogP contribution >= 0.6 is 0 Å². The molecule has 0 aliphatic heterocycles. The normalized spacial score (nSPS) is 10.0. The van der Waals surface area contributed by atoms with Crippen molar-refractivity contribution in [2.24, 2.45) is 0 Å². The number of Topliss-reactive ketones (excluding diaryl/α,β-unsaturated/α-hetero) is 1. The van der Waals surface area contributed by atoms with Crippen LogP contribution in [0.3, 0.4) is 0 Å². The highest BCUT2D eigenvalue weighted by Crippen LogP contribution is 2.16. The maximum absolute atomic E-state index is 13.0. The molecule has 0 fully saturated rings. The predicted molar refractivity (Wildman–Crippen MR) is 47.1 cm³/mol. The first-order valence-corrected chi connectivity index (χ1v) is 4.06. The molecule has 0 unspecified atom stereocenters. The first kappa shape index (κ1) is 9.71. The van der Waals surface area contributed by atoms with Crippen LogP contribution in [0.1, 0.15) is 18.9 Å². The molecular formula is C10H11FO2. The third kappa shape index (κ3) is 2.86. The van der Waals surface area contributed by atoms with E-state index in [0.29, 0.717) is 18.4 Å². The van der Waals surface area contributed by atoms with Crippen molar-refractivity contribution >= 4 is 5.78 Å². The maximum atomic E-state index is 13.0. The molecule has 0 amide bonds. The van der Waals surface area contributed by atoms with Gasteiger partial charge in [-0.05, 0) is 25.0 Å². The number of rotatable bonds is 3. The molecule has 0 aromatic heterocycles. The fraction of sp³-hybridized carbons (Fsp3) is 0.300. The minimum absolute atomic E-state index is 0.0347. The highest BCUT2D eigenvalue weighted by molar-refractivity contribution is 5.75. The van der Waals surface area contributed by atoms with Crippen molar-refractivity contribution in [3.63, 3.8) is 0 Å². The Bertz CT molecular complexity index is 321. The summed E-state index contributed by atoms with van der Waals surface area (Å²) in [6.45, 7) is 1.47. The second-order valence-corrected chi connectivity index (χ2v) is 2.98. The number of aromatic hydroxyl groups is 1. The molecule has 0 radical (unpaired) electrons. The summed E-state index contributed by atoms with van der Waals surface area (Å²) in [4.78, 5) is 10.6. The Hall–Kier alpha value is -1.38. The number of hydrogen-bond acceptors (Lipinski definition) is 2. The van der Waals surface area contributed by atoms with Crippen LogP contribution in [-0.2, 0) is 11.2 Å². The highest BCUT2D eigenvalue weighted by Gasteiger charge is 2.03. The smallest absolute Gasteiger partial charge is 0.130 e. The second kappa shape index (κ2) is 4.03. The zero-order valence-electron chi connectivity index (χ0n) is 7.38. The lowest BCUT2D eigenvalue weighted by molar-refractivity contribution is -0.116. The fourth-order valence-corrected chi connectivity index (χ4v) is 1.05. The number of phenols is 1. The Kier molecular flexibility index (Phi) is 3.01.